The van der Waals surface area contributed by atoms with Gasteiger partial charge in [0.25, 0.3) is 0 Å². The summed E-state index contributed by atoms with van der Waals surface area (Å²) in [6.07, 6.45) is 0.268. The molecule has 4 heteroatoms. The number of rotatable bonds is 3. The van der Waals surface area contributed by atoms with E-state index >= 15 is 0 Å². The highest BCUT2D eigenvalue weighted by atomic mass is 79.9. The van der Waals surface area contributed by atoms with Crippen LogP contribution in [0.5, 0.6) is 0 Å². The Morgan fingerprint density at radius 2 is 2.05 bits per heavy atom. The number of hydrogen-bond acceptors (Lipinski definition) is 1. The molecule has 0 heterocycles. The van der Waals surface area contributed by atoms with Crippen molar-refractivity contribution in [2.45, 2.75) is 13.3 Å². The van der Waals surface area contributed by atoms with Crippen molar-refractivity contribution in [2.24, 2.45) is 0 Å². The van der Waals surface area contributed by atoms with Crippen LogP contribution in [0.2, 0.25) is 0 Å². The number of anilines is 1. The molecule has 98 valence electrons. The molecule has 0 unspecified atom stereocenters. The summed E-state index contributed by atoms with van der Waals surface area (Å²) in [5.41, 5.74) is 2.49. The van der Waals surface area contributed by atoms with E-state index in [0.29, 0.717) is 10.2 Å². The lowest BCUT2D eigenvalue weighted by atomic mass is 10.1. The number of carbonyl (C=O) groups is 1. The van der Waals surface area contributed by atoms with E-state index in [1.54, 1.807) is 6.07 Å². The second kappa shape index (κ2) is 5.97. The van der Waals surface area contributed by atoms with Gasteiger partial charge >= 0.3 is 0 Å². The van der Waals surface area contributed by atoms with E-state index in [1.165, 1.54) is 12.1 Å². The first-order valence-corrected chi connectivity index (χ1v) is 6.64. The van der Waals surface area contributed by atoms with Crippen LogP contribution in [0.1, 0.15) is 11.1 Å². The van der Waals surface area contributed by atoms with E-state index in [1.807, 2.05) is 31.2 Å². The van der Waals surface area contributed by atoms with Crippen LogP contribution in [-0.2, 0) is 11.2 Å². The van der Waals surface area contributed by atoms with Crippen molar-refractivity contribution in [3.05, 3.63) is 63.9 Å². The lowest BCUT2D eigenvalue weighted by molar-refractivity contribution is -0.115. The molecular formula is C15H13BrFNO. The molecule has 1 N–H and O–H groups in total. The van der Waals surface area contributed by atoms with E-state index in [-0.39, 0.29) is 18.1 Å². The fourth-order valence-corrected chi connectivity index (χ4v) is 2.14. The fraction of sp³-hybridized carbons (Fsp3) is 0.133. The predicted molar refractivity (Wildman–Crippen MR) is 77.6 cm³/mol. The van der Waals surface area contributed by atoms with Gasteiger partial charge in [-0.15, -0.1) is 0 Å². The van der Waals surface area contributed by atoms with Crippen molar-refractivity contribution in [3.63, 3.8) is 0 Å². The van der Waals surface area contributed by atoms with Gasteiger partial charge in [0.15, 0.2) is 0 Å². The summed E-state index contributed by atoms with van der Waals surface area (Å²) in [4.78, 5) is 11.9. The monoisotopic (exact) mass is 321 g/mol. The topological polar surface area (TPSA) is 29.1 Å². The molecule has 2 aromatic rings. The minimum absolute atomic E-state index is 0.170. The molecule has 2 aromatic carbocycles. The predicted octanol–water partition coefficient (Wildman–Crippen LogP) is 4.08. The van der Waals surface area contributed by atoms with Gasteiger partial charge in [-0.05, 0) is 46.6 Å². The maximum absolute atomic E-state index is 13.1. The summed E-state index contributed by atoms with van der Waals surface area (Å²) >= 11 is 3.27. The van der Waals surface area contributed by atoms with Crippen molar-refractivity contribution < 1.29 is 9.18 Å². The van der Waals surface area contributed by atoms with Crippen molar-refractivity contribution in [2.75, 3.05) is 5.32 Å². The molecular weight excluding hydrogens is 309 g/mol. The summed E-state index contributed by atoms with van der Waals surface area (Å²) in [7, 11) is 0. The average Bonchev–Trinajstić information content (AvgIpc) is 2.34. The Kier molecular flexibility index (Phi) is 4.32. The highest BCUT2D eigenvalue weighted by Gasteiger charge is 2.07. The third-order valence-corrected chi connectivity index (χ3v) is 3.34. The average molecular weight is 322 g/mol. The standard InChI is InChI=1S/C15H13BrFNO/c1-10-3-2-4-11(7-10)8-15(19)18-14-9-12(17)5-6-13(14)16/h2-7,9H,8H2,1H3,(H,18,19). The molecule has 0 radical (unpaired) electrons. The summed E-state index contributed by atoms with van der Waals surface area (Å²) < 4.78 is 13.8. The van der Waals surface area contributed by atoms with Gasteiger partial charge in [0.2, 0.25) is 5.91 Å². The quantitative estimate of drug-likeness (QED) is 0.906. The van der Waals surface area contributed by atoms with Crippen molar-refractivity contribution in [3.8, 4) is 0 Å². The minimum atomic E-state index is -0.381. The molecule has 0 bridgehead atoms. The maximum Gasteiger partial charge on any atom is 0.228 e. The molecule has 0 fully saturated rings. The second-order valence-electron chi connectivity index (χ2n) is 4.34. The lowest BCUT2D eigenvalue weighted by Crippen LogP contribution is -2.14. The van der Waals surface area contributed by atoms with Gasteiger partial charge in [0.1, 0.15) is 5.82 Å². The fourth-order valence-electron chi connectivity index (χ4n) is 1.80. The molecule has 0 saturated heterocycles. The largest absolute Gasteiger partial charge is 0.325 e. The molecule has 19 heavy (non-hydrogen) atoms. The Morgan fingerprint density at radius 1 is 1.26 bits per heavy atom. The smallest absolute Gasteiger partial charge is 0.228 e. The number of carbonyl (C=O) groups excluding carboxylic acids is 1. The zero-order chi connectivity index (χ0) is 13.8. The van der Waals surface area contributed by atoms with Gasteiger partial charge in [0.05, 0.1) is 12.1 Å². The van der Waals surface area contributed by atoms with Crippen LogP contribution < -0.4 is 5.32 Å². The third kappa shape index (κ3) is 3.89. The van der Waals surface area contributed by atoms with E-state index in [9.17, 15) is 9.18 Å². The zero-order valence-corrected chi connectivity index (χ0v) is 12.0. The first-order valence-electron chi connectivity index (χ1n) is 5.85. The molecule has 2 rings (SSSR count). The lowest BCUT2D eigenvalue weighted by Gasteiger charge is -2.08. The van der Waals surface area contributed by atoms with Crippen LogP contribution in [0.4, 0.5) is 10.1 Å². The number of halogens is 2. The molecule has 0 aliphatic rings. The Morgan fingerprint density at radius 3 is 2.79 bits per heavy atom. The summed E-state index contributed by atoms with van der Waals surface area (Å²) in [5.74, 6) is -0.550. The molecule has 0 aromatic heterocycles. The van der Waals surface area contributed by atoms with E-state index in [0.717, 1.165) is 11.1 Å². The van der Waals surface area contributed by atoms with Gasteiger partial charge in [0, 0.05) is 4.47 Å². The second-order valence-corrected chi connectivity index (χ2v) is 5.19. The molecule has 0 atom stereocenters. The highest BCUT2D eigenvalue weighted by Crippen LogP contribution is 2.23. The van der Waals surface area contributed by atoms with Crippen molar-refractivity contribution >= 4 is 27.5 Å². The van der Waals surface area contributed by atoms with E-state index in [2.05, 4.69) is 21.2 Å². The molecule has 0 aliphatic heterocycles. The first-order chi connectivity index (χ1) is 9.04. The first kappa shape index (κ1) is 13.7. The van der Waals surface area contributed by atoms with Crippen molar-refractivity contribution in [1.82, 2.24) is 0 Å². The Hall–Kier alpha value is -1.68. The SMILES string of the molecule is Cc1cccc(CC(=O)Nc2cc(F)ccc2Br)c1. The normalized spacial score (nSPS) is 10.3. The number of amides is 1. The van der Waals surface area contributed by atoms with Crippen LogP contribution in [-0.4, -0.2) is 5.91 Å². The van der Waals surface area contributed by atoms with Gasteiger partial charge < -0.3 is 5.32 Å². The molecule has 1 amide bonds. The summed E-state index contributed by atoms with van der Waals surface area (Å²) in [5, 5.41) is 2.69. The number of benzene rings is 2. The number of nitrogens with one attached hydrogen (secondary N) is 1. The van der Waals surface area contributed by atoms with Crippen LogP contribution in [0.25, 0.3) is 0 Å². The number of aryl methyl sites for hydroxylation is 1. The van der Waals surface area contributed by atoms with Gasteiger partial charge in [-0.3, -0.25) is 4.79 Å². The number of hydrogen-bond donors (Lipinski definition) is 1. The van der Waals surface area contributed by atoms with Gasteiger partial charge in [-0.25, -0.2) is 4.39 Å². The summed E-state index contributed by atoms with van der Waals surface area (Å²) in [6.45, 7) is 1.98. The zero-order valence-electron chi connectivity index (χ0n) is 10.4. The molecule has 0 aliphatic carbocycles. The van der Waals surface area contributed by atoms with E-state index < -0.39 is 0 Å². The van der Waals surface area contributed by atoms with Crippen LogP contribution in [0, 0.1) is 12.7 Å². The molecule has 2 nitrogen and oxygen atoms in total. The molecule has 0 spiro atoms. The van der Waals surface area contributed by atoms with E-state index in [4.69, 9.17) is 0 Å². The van der Waals surface area contributed by atoms with Crippen molar-refractivity contribution in [1.29, 1.82) is 0 Å². The maximum atomic E-state index is 13.1. The van der Waals surface area contributed by atoms with Crippen LogP contribution >= 0.6 is 15.9 Å². The van der Waals surface area contributed by atoms with Crippen LogP contribution in [0.3, 0.4) is 0 Å². The summed E-state index contributed by atoms with van der Waals surface area (Å²) in [6, 6.07) is 11.9. The Balaban J connectivity index is 2.07. The van der Waals surface area contributed by atoms with Crippen LogP contribution in [0.15, 0.2) is 46.9 Å². The third-order valence-electron chi connectivity index (χ3n) is 2.65. The minimum Gasteiger partial charge on any atom is -0.325 e. The van der Waals surface area contributed by atoms with Gasteiger partial charge in [-0.1, -0.05) is 29.8 Å². The molecule has 0 saturated carbocycles. The Labute approximate surface area is 119 Å². The highest BCUT2D eigenvalue weighted by molar-refractivity contribution is 9.10. The van der Waals surface area contributed by atoms with Gasteiger partial charge in [-0.2, -0.15) is 0 Å². The Bertz CT molecular complexity index is 613.